The lowest BCUT2D eigenvalue weighted by molar-refractivity contribution is -0.118. The minimum Gasteiger partial charge on any atom is -0.492 e. The number of hydrogen-bond acceptors (Lipinski definition) is 3. The summed E-state index contributed by atoms with van der Waals surface area (Å²) >= 11 is 0. The fourth-order valence-corrected chi connectivity index (χ4v) is 1.80. The van der Waals surface area contributed by atoms with Crippen LogP contribution in [-0.2, 0) is 4.79 Å². The summed E-state index contributed by atoms with van der Waals surface area (Å²) < 4.78 is 5.45. The molecule has 1 N–H and O–H groups in total. The fraction of sp³-hybridized carbons (Fsp3) is 0.333. The Morgan fingerprint density at radius 2 is 2.32 bits per heavy atom. The van der Waals surface area contributed by atoms with Gasteiger partial charge in [0.1, 0.15) is 5.75 Å². The predicted octanol–water partition coefficient (Wildman–Crippen LogP) is 1.53. The molecule has 4 heteroatoms. The molecule has 4 nitrogen and oxygen atoms in total. The van der Waals surface area contributed by atoms with Crippen LogP contribution in [0.5, 0.6) is 5.75 Å². The summed E-state index contributed by atoms with van der Waals surface area (Å²) in [4.78, 5) is 22.3. The highest BCUT2D eigenvalue weighted by atomic mass is 16.5. The van der Waals surface area contributed by atoms with Crippen molar-refractivity contribution in [2.45, 2.75) is 19.8 Å². The Balaban J connectivity index is 2.00. The molecule has 1 aromatic rings. The summed E-state index contributed by atoms with van der Waals surface area (Å²) in [6, 6.07) is 5.36. The number of carbonyl (C=O) groups excluding carboxylic acids is 2. The van der Waals surface area contributed by atoms with Crippen molar-refractivity contribution in [2.75, 3.05) is 13.2 Å². The maximum Gasteiger partial charge on any atom is 0.216 e. The number of Topliss-reactive ketones (excluding diaryl/α,β-unsaturated/α-hetero) is 1. The van der Waals surface area contributed by atoms with Gasteiger partial charge in [0.05, 0.1) is 12.2 Å². The summed E-state index contributed by atoms with van der Waals surface area (Å²) in [7, 11) is 0. The Morgan fingerprint density at radius 1 is 1.47 bits per heavy atom. The van der Waals surface area contributed by atoms with Crippen molar-refractivity contribution in [3.05, 3.63) is 29.3 Å². The Kier molecular flexibility index (Phi) is 4.19. The minimum absolute atomic E-state index is 0.0532. The van der Waals surface area contributed by atoms with Crippen molar-refractivity contribution >= 4 is 11.7 Å². The average Bonchev–Trinajstić information content (AvgIpc) is 2.38. The van der Waals surface area contributed by atoms with Crippen molar-refractivity contribution in [3.8, 4) is 17.6 Å². The van der Waals surface area contributed by atoms with Crippen LogP contribution in [0.4, 0.5) is 0 Å². The Labute approximate surface area is 112 Å². The molecule has 0 aromatic heterocycles. The second-order valence-electron chi connectivity index (χ2n) is 4.27. The van der Waals surface area contributed by atoms with E-state index in [4.69, 9.17) is 4.74 Å². The highest BCUT2D eigenvalue weighted by molar-refractivity contribution is 5.99. The molecule has 0 radical (unpaired) electrons. The van der Waals surface area contributed by atoms with Gasteiger partial charge in [-0.1, -0.05) is 11.8 Å². The fourth-order valence-electron chi connectivity index (χ4n) is 1.80. The molecule has 0 unspecified atom stereocenters. The lowest BCUT2D eigenvalue weighted by Crippen LogP contribution is -2.20. The maximum absolute atomic E-state index is 11.6. The molecule has 98 valence electrons. The van der Waals surface area contributed by atoms with E-state index in [0.29, 0.717) is 37.3 Å². The van der Waals surface area contributed by atoms with E-state index in [9.17, 15) is 9.59 Å². The van der Waals surface area contributed by atoms with Gasteiger partial charge in [-0.2, -0.15) is 0 Å². The molecule has 1 aliphatic rings. The Morgan fingerprint density at radius 3 is 3.11 bits per heavy atom. The standard InChI is InChI=1S/C15H15NO3/c1-11(17)16-8-3-2-4-12-5-6-13-14(18)7-9-19-15(13)10-12/h5-6,10H,3,7-9H2,1H3,(H,16,17). The van der Waals surface area contributed by atoms with Crippen molar-refractivity contribution in [1.82, 2.24) is 5.32 Å². The van der Waals surface area contributed by atoms with E-state index in [1.54, 1.807) is 12.1 Å². The van der Waals surface area contributed by atoms with E-state index >= 15 is 0 Å². The van der Waals surface area contributed by atoms with Crippen LogP contribution in [0, 0.1) is 11.8 Å². The van der Waals surface area contributed by atoms with Gasteiger partial charge in [0.25, 0.3) is 0 Å². The van der Waals surface area contributed by atoms with Gasteiger partial charge >= 0.3 is 0 Å². The van der Waals surface area contributed by atoms with E-state index in [0.717, 1.165) is 5.56 Å². The molecule has 2 rings (SSSR count). The van der Waals surface area contributed by atoms with Gasteiger partial charge in [-0.15, -0.1) is 0 Å². The van der Waals surface area contributed by atoms with Gasteiger partial charge < -0.3 is 10.1 Å². The molecule has 0 aliphatic carbocycles. The van der Waals surface area contributed by atoms with Crippen molar-refractivity contribution in [2.24, 2.45) is 0 Å². The molecule has 0 atom stereocenters. The SMILES string of the molecule is CC(=O)NCCC#Cc1ccc2c(c1)OCCC2=O. The van der Waals surface area contributed by atoms with Gasteiger partial charge in [0, 0.05) is 31.9 Å². The third-order valence-electron chi connectivity index (χ3n) is 2.73. The molecule has 1 aliphatic heterocycles. The smallest absolute Gasteiger partial charge is 0.216 e. The van der Waals surface area contributed by atoms with Gasteiger partial charge in [0.15, 0.2) is 5.78 Å². The van der Waals surface area contributed by atoms with Crippen LogP contribution >= 0.6 is 0 Å². The van der Waals surface area contributed by atoms with Crippen LogP contribution in [-0.4, -0.2) is 24.8 Å². The number of benzene rings is 1. The third-order valence-corrected chi connectivity index (χ3v) is 2.73. The van der Waals surface area contributed by atoms with Crippen LogP contribution in [0.15, 0.2) is 18.2 Å². The molecule has 0 spiro atoms. The van der Waals surface area contributed by atoms with E-state index < -0.39 is 0 Å². The Hall–Kier alpha value is -2.28. The van der Waals surface area contributed by atoms with E-state index in [1.165, 1.54) is 6.92 Å². The summed E-state index contributed by atoms with van der Waals surface area (Å²) in [6.45, 7) is 2.46. The second kappa shape index (κ2) is 6.05. The molecular weight excluding hydrogens is 242 g/mol. The highest BCUT2D eigenvalue weighted by Crippen LogP contribution is 2.25. The second-order valence-corrected chi connectivity index (χ2v) is 4.27. The van der Waals surface area contributed by atoms with E-state index in [-0.39, 0.29) is 11.7 Å². The zero-order valence-corrected chi connectivity index (χ0v) is 10.8. The lowest BCUT2D eigenvalue weighted by Gasteiger charge is -2.15. The summed E-state index contributed by atoms with van der Waals surface area (Å²) in [5.41, 5.74) is 1.45. The quantitative estimate of drug-likeness (QED) is 0.645. The first-order valence-corrected chi connectivity index (χ1v) is 6.20. The van der Waals surface area contributed by atoms with Crippen molar-refractivity contribution in [1.29, 1.82) is 0 Å². The van der Waals surface area contributed by atoms with Crippen LogP contribution < -0.4 is 10.1 Å². The predicted molar refractivity (Wildman–Crippen MR) is 71.1 cm³/mol. The molecule has 0 saturated heterocycles. The van der Waals surface area contributed by atoms with Crippen LogP contribution in [0.25, 0.3) is 0 Å². The molecule has 0 saturated carbocycles. The van der Waals surface area contributed by atoms with E-state index in [2.05, 4.69) is 17.2 Å². The molecule has 1 amide bonds. The minimum atomic E-state index is -0.0532. The number of nitrogens with one attached hydrogen (secondary N) is 1. The first kappa shape index (κ1) is 13.2. The topological polar surface area (TPSA) is 55.4 Å². The van der Waals surface area contributed by atoms with Gasteiger partial charge in [-0.05, 0) is 18.2 Å². The highest BCUT2D eigenvalue weighted by Gasteiger charge is 2.17. The largest absolute Gasteiger partial charge is 0.492 e. The zero-order chi connectivity index (χ0) is 13.7. The molecule has 1 aromatic carbocycles. The lowest BCUT2D eigenvalue weighted by atomic mass is 10.0. The third kappa shape index (κ3) is 3.59. The number of carbonyl (C=O) groups is 2. The summed E-state index contributed by atoms with van der Waals surface area (Å²) in [5, 5.41) is 2.68. The number of ketones is 1. The first-order valence-electron chi connectivity index (χ1n) is 6.20. The zero-order valence-electron chi connectivity index (χ0n) is 10.8. The molecule has 1 heterocycles. The van der Waals surface area contributed by atoms with Gasteiger partial charge in [-0.3, -0.25) is 9.59 Å². The number of hydrogen-bond donors (Lipinski definition) is 1. The summed E-state index contributed by atoms with van der Waals surface area (Å²) in [6.07, 6.45) is 1.03. The van der Waals surface area contributed by atoms with Crippen LogP contribution in [0.3, 0.4) is 0 Å². The van der Waals surface area contributed by atoms with Crippen molar-refractivity contribution < 1.29 is 14.3 Å². The monoisotopic (exact) mass is 257 g/mol. The average molecular weight is 257 g/mol. The van der Waals surface area contributed by atoms with Crippen LogP contribution in [0.2, 0.25) is 0 Å². The van der Waals surface area contributed by atoms with E-state index in [1.807, 2.05) is 6.07 Å². The normalized spacial score (nSPS) is 12.8. The Bertz CT molecular complexity index is 566. The number of ether oxygens (including phenoxy) is 1. The van der Waals surface area contributed by atoms with Crippen molar-refractivity contribution in [3.63, 3.8) is 0 Å². The summed E-state index contributed by atoms with van der Waals surface area (Å²) in [5.74, 6) is 6.64. The van der Waals surface area contributed by atoms with Crippen LogP contribution in [0.1, 0.15) is 35.7 Å². The molecule has 0 bridgehead atoms. The number of rotatable bonds is 2. The molecular formula is C15H15NO3. The molecule has 0 fully saturated rings. The van der Waals surface area contributed by atoms with Gasteiger partial charge in [0.2, 0.25) is 5.91 Å². The number of fused-ring (bicyclic) bond motifs is 1. The molecule has 19 heavy (non-hydrogen) atoms. The maximum atomic E-state index is 11.6. The first-order chi connectivity index (χ1) is 9.16. The number of amides is 1. The van der Waals surface area contributed by atoms with Gasteiger partial charge in [-0.25, -0.2) is 0 Å².